The molecule has 0 fully saturated rings. The average molecular weight is 264 g/mol. The SMILES string of the molecule is CC1=C(C)C(C)=C(C)C1=C=C=C1C(C)=C(C)C(C)=C1C. The van der Waals surface area contributed by atoms with Crippen LogP contribution in [0.3, 0.4) is 0 Å². The third-order valence-electron chi connectivity index (χ3n) is 5.19. The fourth-order valence-corrected chi connectivity index (χ4v) is 2.94. The first-order chi connectivity index (χ1) is 9.27. The molecule has 104 valence electrons. The van der Waals surface area contributed by atoms with Crippen LogP contribution >= 0.6 is 0 Å². The number of hydrogen-bond acceptors (Lipinski definition) is 0. The van der Waals surface area contributed by atoms with Gasteiger partial charge in [0.1, 0.15) is 0 Å². The summed E-state index contributed by atoms with van der Waals surface area (Å²) in [6, 6.07) is 0. The van der Waals surface area contributed by atoms with E-state index in [1.165, 1.54) is 55.7 Å². The van der Waals surface area contributed by atoms with Gasteiger partial charge in [-0.05, 0) is 100.0 Å². The molecule has 0 atom stereocenters. The van der Waals surface area contributed by atoms with Crippen molar-refractivity contribution in [3.05, 3.63) is 67.2 Å². The van der Waals surface area contributed by atoms with E-state index < -0.39 is 0 Å². The van der Waals surface area contributed by atoms with Gasteiger partial charge in [-0.3, -0.25) is 0 Å². The quantitative estimate of drug-likeness (QED) is 0.473. The minimum Gasteiger partial charge on any atom is -0.0611 e. The first-order valence-corrected chi connectivity index (χ1v) is 7.25. The Bertz CT molecular complexity index is 611. The molecule has 0 radical (unpaired) electrons. The number of hydrogen-bond donors (Lipinski definition) is 0. The summed E-state index contributed by atoms with van der Waals surface area (Å²) >= 11 is 0. The summed E-state index contributed by atoms with van der Waals surface area (Å²) in [7, 11) is 0. The van der Waals surface area contributed by atoms with Crippen LogP contribution in [0.4, 0.5) is 0 Å². The van der Waals surface area contributed by atoms with Crippen molar-refractivity contribution >= 4 is 0 Å². The lowest BCUT2D eigenvalue weighted by Crippen LogP contribution is -1.82. The van der Waals surface area contributed by atoms with Crippen LogP contribution in [-0.4, -0.2) is 0 Å². The second kappa shape index (κ2) is 4.98. The van der Waals surface area contributed by atoms with E-state index in [1.54, 1.807) is 0 Å². The highest BCUT2D eigenvalue weighted by Gasteiger charge is 2.19. The maximum Gasteiger partial charge on any atom is 0.0312 e. The summed E-state index contributed by atoms with van der Waals surface area (Å²) < 4.78 is 0. The van der Waals surface area contributed by atoms with Crippen LogP contribution in [0, 0.1) is 0 Å². The molecule has 0 heterocycles. The zero-order valence-electron chi connectivity index (χ0n) is 14.0. The first-order valence-electron chi connectivity index (χ1n) is 7.25. The molecule has 0 aromatic rings. The molecule has 0 N–H and O–H groups in total. The Morgan fingerprint density at radius 2 is 0.550 bits per heavy atom. The van der Waals surface area contributed by atoms with Crippen molar-refractivity contribution in [1.29, 1.82) is 0 Å². The van der Waals surface area contributed by atoms with E-state index in [1.807, 2.05) is 0 Å². The molecular weight excluding hydrogens is 240 g/mol. The maximum atomic E-state index is 3.43. The van der Waals surface area contributed by atoms with Crippen LogP contribution in [-0.2, 0) is 0 Å². The van der Waals surface area contributed by atoms with E-state index >= 15 is 0 Å². The second-order valence-corrected chi connectivity index (χ2v) is 6.00. The Morgan fingerprint density at radius 3 is 0.750 bits per heavy atom. The van der Waals surface area contributed by atoms with Gasteiger partial charge < -0.3 is 0 Å². The molecule has 2 rings (SSSR count). The van der Waals surface area contributed by atoms with Gasteiger partial charge in [0.05, 0.1) is 0 Å². The molecule has 0 bridgehead atoms. The molecule has 0 heteroatoms. The topological polar surface area (TPSA) is 0 Å². The van der Waals surface area contributed by atoms with Gasteiger partial charge in [0, 0.05) is 11.1 Å². The Kier molecular flexibility index (Phi) is 3.65. The Morgan fingerprint density at radius 1 is 0.350 bits per heavy atom. The maximum absolute atomic E-state index is 3.43. The summed E-state index contributed by atoms with van der Waals surface area (Å²) in [5, 5.41) is 0. The van der Waals surface area contributed by atoms with E-state index in [4.69, 9.17) is 0 Å². The second-order valence-electron chi connectivity index (χ2n) is 6.00. The number of allylic oxidation sites excluding steroid dienone is 10. The monoisotopic (exact) mass is 264 g/mol. The molecule has 2 aliphatic rings. The standard InChI is InChI=1S/C20H24/c1-11-12(2)16(6)19(15(11)5)9-10-20-17(7)13(3)14(4)18(20)8/h1-8H3. The molecule has 0 amide bonds. The highest BCUT2D eigenvalue weighted by Crippen LogP contribution is 2.37. The van der Waals surface area contributed by atoms with E-state index in [0.29, 0.717) is 0 Å². The molecule has 2 aliphatic carbocycles. The van der Waals surface area contributed by atoms with Crippen LogP contribution < -0.4 is 0 Å². The van der Waals surface area contributed by atoms with Crippen molar-refractivity contribution in [2.75, 3.05) is 0 Å². The highest BCUT2D eigenvalue weighted by molar-refractivity contribution is 5.63. The molecular formula is C20H24. The van der Waals surface area contributed by atoms with Crippen molar-refractivity contribution in [3.63, 3.8) is 0 Å². The zero-order valence-corrected chi connectivity index (χ0v) is 14.0. The highest BCUT2D eigenvalue weighted by atomic mass is 14.2. The van der Waals surface area contributed by atoms with Crippen LogP contribution in [0.1, 0.15) is 55.4 Å². The predicted octanol–water partition coefficient (Wildman–Crippen LogP) is 5.97. The lowest BCUT2D eigenvalue weighted by atomic mass is 10.0. The van der Waals surface area contributed by atoms with Crippen LogP contribution in [0.5, 0.6) is 0 Å². The van der Waals surface area contributed by atoms with Crippen molar-refractivity contribution in [2.24, 2.45) is 0 Å². The minimum absolute atomic E-state index is 1.22. The van der Waals surface area contributed by atoms with E-state index in [-0.39, 0.29) is 0 Å². The Balaban J connectivity index is 2.72. The average Bonchev–Trinajstić information content (AvgIpc) is 2.72. The largest absolute Gasteiger partial charge is 0.0611 e. The summed E-state index contributed by atoms with van der Waals surface area (Å²) in [5.41, 5.74) is 20.2. The van der Waals surface area contributed by atoms with Gasteiger partial charge in [0.2, 0.25) is 0 Å². The van der Waals surface area contributed by atoms with Crippen molar-refractivity contribution in [3.8, 4) is 0 Å². The molecule has 20 heavy (non-hydrogen) atoms. The molecule has 0 aromatic heterocycles. The molecule has 0 saturated heterocycles. The normalized spacial score (nSPS) is 19.6. The van der Waals surface area contributed by atoms with Crippen LogP contribution in [0.15, 0.2) is 67.2 Å². The van der Waals surface area contributed by atoms with Crippen LogP contribution in [0.25, 0.3) is 0 Å². The summed E-state index contributed by atoms with van der Waals surface area (Å²) in [6.45, 7) is 17.5. The molecule has 0 aliphatic heterocycles. The van der Waals surface area contributed by atoms with Gasteiger partial charge in [-0.1, -0.05) is 11.5 Å². The lowest BCUT2D eigenvalue weighted by Gasteiger charge is -1.99. The van der Waals surface area contributed by atoms with E-state index in [9.17, 15) is 0 Å². The summed E-state index contributed by atoms with van der Waals surface area (Å²) in [4.78, 5) is 0. The predicted molar refractivity (Wildman–Crippen MR) is 87.5 cm³/mol. The van der Waals surface area contributed by atoms with Gasteiger partial charge in [0.15, 0.2) is 0 Å². The molecule has 0 nitrogen and oxygen atoms in total. The van der Waals surface area contributed by atoms with Crippen molar-refractivity contribution < 1.29 is 0 Å². The smallest absolute Gasteiger partial charge is 0.0312 e. The summed E-state index contributed by atoms with van der Waals surface area (Å²) in [5.74, 6) is 0. The fraction of sp³-hybridized carbons (Fsp3) is 0.400. The van der Waals surface area contributed by atoms with Gasteiger partial charge in [-0.25, -0.2) is 0 Å². The van der Waals surface area contributed by atoms with Gasteiger partial charge in [0.25, 0.3) is 0 Å². The zero-order chi connectivity index (χ0) is 15.2. The molecule has 0 spiro atoms. The van der Waals surface area contributed by atoms with Crippen molar-refractivity contribution in [2.45, 2.75) is 55.4 Å². The van der Waals surface area contributed by atoms with E-state index in [2.05, 4.69) is 66.9 Å². The minimum atomic E-state index is 1.22. The van der Waals surface area contributed by atoms with Gasteiger partial charge >= 0.3 is 0 Å². The Labute approximate surface area is 123 Å². The fourth-order valence-electron chi connectivity index (χ4n) is 2.94. The molecule has 0 aromatic carbocycles. The van der Waals surface area contributed by atoms with E-state index in [0.717, 1.165) is 0 Å². The first kappa shape index (κ1) is 14.7. The van der Waals surface area contributed by atoms with Crippen molar-refractivity contribution in [1.82, 2.24) is 0 Å². The Hall–Kier alpha value is -1.74. The van der Waals surface area contributed by atoms with Gasteiger partial charge in [-0.2, -0.15) is 0 Å². The molecule has 0 unspecified atom stereocenters. The third kappa shape index (κ3) is 2.02. The summed E-state index contributed by atoms with van der Waals surface area (Å²) in [6.07, 6.45) is 0. The van der Waals surface area contributed by atoms with Gasteiger partial charge in [-0.15, -0.1) is 0 Å². The third-order valence-corrected chi connectivity index (χ3v) is 5.19. The molecule has 0 saturated carbocycles. The number of rotatable bonds is 0. The van der Waals surface area contributed by atoms with Crippen LogP contribution in [0.2, 0.25) is 0 Å². The lowest BCUT2D eigenvalue weighted by molar-refractivity contribution is 1.31.